The number of nitrogens with zero attached hydrogens (tertiary/aromatic N) is 1. The minimum Gasteiger partial charge on any atom is -0.466 e. The van der Waals surface area contributed by atoms with Gasteiger partial charge in [0.25, 0.3) is 0 Å². The summed E-state index contributed by atoms with van der Waals surface area (Å²) < 4.78 is 31.6. The molecule has 6 heteroatoms. The summed E-state index contributed by atoms with van der Waals surface area (Å²) in [6, 6.07) is 13.7. The van der Waals surface area contributed by atoms with E-state index in [4.69, 9.17) is 14.2 Å². The second kappa shape index (κ2) is 9.30. The summed E-state index contributed by atoms with van der Waals surface area (Å²) >= 11 is 0. The Morgan fingerprint density at radius 2 is 2.00 bits per heavy atom. The number of carbonyl (C=O) groups excluding carboxylic acids is 1. The van der Waals surface area contributed by atoms with Gasteiger partial charge in [-0.05, 0) is 54.2 Å². The molecule has 2 aromatic carbocycles. The highest BCUT2D eigenvalue weighted by Crippen LogP contribution is 2.49. The maximum atomic E-state index is 14.2. The van der Waals surface area contributed by atoms with Crippen LogP contribution in [-0.2, 0) is 25.4 Å². The number of hydrogen-bond acceptors (Lipinski definition) is 5. The summed E-state index contributed by atoms with van der Waals surface area (Å²) in [6.07, 6.45) is 1.76. The van der Waals surface area contributed by atoms with E-state index in [0.717, 1.165) is 37.1 Å². The topological polar surface area (TPSA) is 48.0 Å². The Labute approximate surface area is 188 Å². The Morgan fingerprint density at radius 3 is 2.88 bits per heavy atom. The van der Waals surface area contributed by atoms with Crippen LogP contribution in [0, 0.1) is 5.82 Å². The van der Waals surface area contributed by atoms with Gasteiger partial charge in [0.05, 0.1) is 37.9 Å². The zero-order chi connectivity index (χ0) is 22.1. The Balaban J connectivity index is 1.32. The number of hydrogen-bond donors (Lipinski definition) is 0. The molecule has 2 fully saturated rings. The first-order valence-corrected chi connectivity index (χ1v) is 11.6. The van der Waals surface area contributed by atoms with Crippen molar-refractivity contribution < 1.29 is 23.4 Å². The Bertz CT molecular complexity index is 980. The van der Waals surface area contributed by atoms with Crippen molar-refractivity contribution in [2.75, 3.05) is 32.8 Å². The van der Waals surface area contributed by atoms with Crippen LogP contribution in [-0.4, -0.2) is 55.9 Å². The third-order valence-electron chi connectivity index (χ3n) is 6.86. The first-order valence-electron chi connectivity index (χ1n) is 11.6. The number of ether oxygens (including phenoxy) is 3. The van der Waals surface area contributed by atoms with Crippen LogP contribution >= 0.6 is 0 Å². The molecular formula is C26H30FNO4. The molecule has 2 saturated heterocycles. The van der Waals surface area contributed by atoms with Gasteiger partial charge in [-0.1, -0.05) is 30.3 Å². The van der Waals surface area contributed by atoms with Crippen LogP contribution in [0.3, 0.4) is 0 Å². The second-order valence-electron chi connectivity index (χ2n) is 9.00. The second-order valence-corrected chi connectivity index (χ2v) is 9.00. The molecule has 0 radical (unpaired) electrons. The number of benzene rings is 2. The van der Waals surface area contributed by atoms with Crippen molar-refractivity contribution in [1.82, 2.24) is 4.90 Å². The van der Waals surface area contributed by atoms with Gasteiger partial charge in [-0.3, -0.25) is 9.69 Å². The van der Waals surface area contributed by atoms with Gasteiger partial charge in [-0.25, -0.2) is 4.39 Å². The molecule has 0 spiro atoms. The van der Waals surface area contributed by atoms with E-state index in [1.54, 1.807) is 12.1 Å². The molecule has 0 amide bonds. The lowest BCUT2D eigenvalue weighted by Crippen LogP contribution is -2.46. The van der Waals surface area contributed by atoms with Crippen molar-refractivity contribution in [2.24, 2.45) is 0 Å². The van der Waals surface area contributed by atoms with Gasteiger partial charge in [-0.2, -0.15) is 0 Å². The average Bonchev–Trinajstić information content (AvgIpc) is 3.14. The number of carbonyl (C=O) groups is 1. The van der Waals surface area contributed by atoms with Crippen LogP contribution < -0.4 is 0 Å². The van der Waals surface area contributed by atoms with E-state index in [0.29, 0.717) is 19.8 Å². The van der Waals surface area contributed by atoms with Crippen molar-refractivity contribution in [1.29, 1.82) is 0 Å². The molecule has 3 aliphatic rings. The van der Waals surface area contributed by atoms with Crippen LogP contribution in [0.15, 0.2) is 42.5 Å². The minimum absolute atomic E-state index is 0.0496. The standard InChI is InChI=1S/C26H30FNO4/c1-2-30-25(29)14-20-15-28(9-10-31-20)16-21-13-24-22-6-4-3-5-17(22)11-18-7-8-19(27)12-23(18)26(24)32-21/h3-8,12,20-21,24,26H,2,9-11,13-16H2,1H3/t20?,21-,24-,26+/m1/s1. The molecule has 0 aromatic heterocycles. The van der Waals surface area contributed by atoms with E-state index < -0.39 is 0 Å². The van der Waals surface area contributed by atoms with Crippen molar-refractivity contribution in [3.05, 3.63) is 70.5 Å². The number of morpholine rings is 1. The summed E-state index contributed by atoms with van der Waals surface area (Å²) in [4.78, 5) is 14.2. The van der Waals surface area contributed by atoms with Crippen molar-refractivity contribution >= 4 is 5.97 Å². The molecular weight excluding hydrogens is 409 g/mol. The van der Waals surface area contributed by atoms with E-state index in [-0.39, 0.29) is 42.4 Å². The van der Waals surface area contributed by atoms with Gasteiger partial charge in [0.1, 0.15) is 5.82 Å². The summed E-state index contributed by atoms with van der Waals surface area (Å²) in [6.45, 7) is 5.08. The monoisotopic (exact) mass is 439 g/mol. The maximum Gasteiger partial charge on any atom is 0.308 e. The SMILES string of the molecule is CCOC(=O)CC1CN(C[C@H]2C[C@@H]3c4ccccc4Cc4ccc(F)cc4[C@@H]3O2)CCO1. The van der Waals surface area contributed by atoms with Gasteiger partial charge in [0.2, 0.25) is 0 Å². The highest BCUT2D eigenvalue weighted by atomic mass is 19.1. The van der Waals surface area contributed by atoms with Crippen LogP contribution in [0.2, 0.25) is 0 Å². The number of esters is 1. The lowest BCUT2D eigenvalue weighted by Gasteiger charge is -2.34. The first-order chi connectivity index (χ1) is 15.6. The molecule has 170 valence electrons. The normalized spacial score (nSPS) is 27.2. The van der Waals surface area contributed by atoms with Crippen LogP contribution in [0.4, 0.5) is 4.39 Å². The third kappa shape index (κ3) is 4.45. The summed E-state index contributed by atoms with van der Waals surface area (Å²) in [5.41, 5.74) is 4.75. The summed E-state index contributed by atoms with van der Waals surface area (Å²) in [7, 11) is 0. The van der Waals surface area contributed by atoms with E-state index >= 15 is 0 Å². The van der Waals surface area contributed by atoms with Crippen molar-refractivity contribution in [2.45, 2.75) is 50.4 Å². The largest absolute Gasteiger partial charge is 0.466 e. The molecule has 5 rings (SSSR count). The predicted octanol–water partition coefficient (Wildman–Crippen LogP) is 4.00. The Morgan fingerprint density at radius 1 is 1.16 bits per heavy atom. The van der Waals surface area contributed by atoms with E-state index in [1.807, 2.05) is 13.0 Å². The van der Waals surface area contributed by atoms with Crippen LogP contribution in [0.1, 0.15) is 54.0 Å². The molecule has 4 atom stereocenters. The summed E-state index contributed by atoms with van der Waals surface area (Å²) in [5.74, 6) is -0.208. The lowest BCUT2D eigenvalue weighted by molar-refractivity contribution is -0.148. The lowest BCUT2D eigenvalue weighted by atomic mass is 9.87. The zero-order valence-corrected chi connectivity index (χ0v) is 18.5. The molecule has 32 heavy (non-hydrogen) atoms. The first kappa shape index (κ1) is 21.6. The fraction of sp³-hybridized carbons (Fsp3) is 0.500. The van der Waals surface area contributed by atoms with Gasteiger partial charge < -0.3 is 14.2 Å². The van der Waals surface area contributed by atoms with Crippen molar-refractivity contribution in [3.63, 3.8) is 0 Å². The fourth-order valence-electron chi connectivity index (χ4n) is 5.48. The molecule has 2 heterocycles. The number of rotatable bonds is 5. The Hall–Kier alpha value is -2.28. The smallest absolute Gasteiger partial charge is 0.308 e. The molecule has 2 aromatic rings. The van der Waals surface area contributed by atoms with E-state index in [2.05, 4.69) is 29.2 Å². The highest BCUT2D eigenvalue weighted by molar-refractivity contribution is 5.70. The maximum absolute atomic E-state index is 14.2. The van der Waals surface area contributed by atoms with Crippen LogP contribution in [0.5, 0.6) is 0 Å². The fourth-order valence-corrected chi connectivity index (χ4v) is 5.48. The molecule has 5 nitrogen and oxygen atoms in total. The van der Waals surface area contributed by atoms with Gasteiger partial charge in [-0.15, -0.1) is 0 Å². The molecule has 0 bridgehead atoms. The minimum atomic E-state index is -0.214. The molecule has 0 N–H and O–H groups in total. The van der Waals surface area contributed by atoms with Crippen LogP contribution in [0.25, 0.3) is 0 Å². The third-order valence-corrected chi connectivity index (χ3v) is 6.86. The van der Waals surface area contributed by atoms with Crippen molar-refractivity contribution in [3.8, 4) is 0 Å². The highest BCUT2D eigenvalue weighted by Gasteiger charge is 2.41. The molecule has 1 unspecified atom stereocenters. The number of halogens is 1. The van der Waals surface area contributed by atoms with E-state index in [1.165, 1.54) is 11.1 Å². The molecule has 0 saturated carbocycles. The predicted molar refractivity (Wildman–Crippen MR) is 118 cm³/mol. The average molecular weight is 440 g/mol. The zero-order valence-electron chi connectivity index (χ0n) is 18.5. The van der Waals surface area contributed by atoms with Gasteiger partial charge >= 0.3 is 5.97 Å². The van der Waals surface area contributed by atoms with Gasteiger partial charge in [0, 0.05) is 25.6 Å². The quantitative estimate of drug-likeness (QED) is 0.659. The molecule has 1 aliphatic carbocycles. The molecule has 2 aliphatic heterocycles. The van der Waals surface area contributed by atoms with E-state index in [9.17, 15) is 9.18 Å². The Kier molecular flexibility index (Phi) is 6.26. The van der Waals surface area contributed by atoms with Gasteiger partial charge in [0.15, 0.2) is 0 Å². The number of fused-ring (bicyclic) bond motifs is 5. The summed E-state index contributed by atoms with van der Waals surface area (Å²) in [5, 5.41) is 0.